The molecule has 0 bridgehead atoms. The number of carboxylic acids is 1. The van der Waals surface area contributed by atoms with Gasteiger partial charge in [-0.2, -0.15) is 0 Å². The molecule has 0 heterocycles. The van der Waals surface area contributed by atoms with Gasteiger partial charge in [-0.3, -0.25) is 0 Å². The van der Waals surface area contributed by atoms with Crippen LogP contribution >= 0.6 is 23.4 Å². The molecule has 0 aliphatic heterocycles. The molecule has 3 rings (SSSR count). The SMILES string of the molecule is O=C([As]c1ccc(Cl)cc1C(=O)O)c1ccc(SCc2ccccc2)c([N+](=O)[O-])c1. The number of nitro groups is 1. The van der Waals surface area contributed by atoms with Gasteiger partial charge in [-0.15, -0.1) is 0 Å². The van der Waals surface area contributed by atoms with Gasteiger partial charge in [-0.25, -0.2) is 0 Å². The van der Waals surface area contributed by atoms with Gasteiger partial charge in [-0.05, 0) is 0 Å². The van der Waals surface area contributed by atoms with Gasteiger partial charge in [0.1, 0.15) is 0 Å². The van der Waals surface area contributed by atoms with Crippen LogP contribution in [0.1, 0.15) is 26.3 Å². The predicted molar refractivity (Wildman–Crippen MR) is 117 cm³/mol. The summed E-state index contributed by atoms with van der Waals surface area (Å²) in [6.07, 6.45) is 0. The van der Waals surface area contributed by atoms with Crippen LogP contribution < -0.4 is 4.35 Å². The first-order valence-electron chi connectivity index (χ1n) is 8.59. The van der Waals surface area contributed by atoms with Crippen molar-refractivity contribution in [2.24, 2.45) is 0 Å². The minimum absolute atomic E-state index is 0.0274. The zero-order valence-corrected chi connectivity index (χ0v) is 18.8. The molecule has 6 nitrogen and oxygen atoms in total. The number of hydrogen-bond donors (Lipinski definition) is 1. The van der Waals surface area contributed by atoms with Crippen LogP contribution in [0.2, 0.25) is 5.02 Å². The van der Waals surface area contributed by atoms with E-state index in [0.29, 0.717) is 15.0 Å². The Morgan fingerprint density at radius 1 is 1.07 bits per heavy atom. The van der Waals surface area contributed by atoms with E-state index in [1.807, 2.05) is 30.3 Å². The molecular formula is C21H14AsClNO5S. The van der Waals surface area contributed by atoms with E-state index in [1.54, 1.807) is 12.1 Å². The molecule has 151 valence electrons. The first-order valence-corrected chi connectivity index (χ1v) is 11.8. The molecule has 0 amide bonds. The zero-order valence-electron chi connectivity index (χ0n) is 15.3. The van der Waals surface area contributed by atoms with Gasteiger partial charge in [0.2, 0.25) is 0 Å². The van der Waals surface area contributed by atoms with Crippen LogP contribution in [0.25, 0.3) is 0 Å². The molecule has 30 heavy (non-hydrogen) atoms. The summed E-state index contributed by atoms with van der Waals surface area (Å²) in [5.41, 5.74) is 1.06. The van der Waals surface area contributed by atoms with Crippen LogP contribution in [0.4, 0.5) is 5.69 Å². The quantitative estimate of drug-likeness (QED) is 0.212. The van der Waals surface area contributed by atoms with Gasteiger partial charge < -0.3 is 0 Å². The van der Waals surface area contributed by atoms with Crippen LogP contribution in [-0.2, 0) is 5.75 Å². The van der Waals surface area contributed by atoms with Gasteiger partial charge in [-0.1, -0.05) is 0 Å². The average molecular weight is 503 g/mol. The number of carboxylic acid groups (broad SMARTS) is 1. The Hall–Kier alpha value is -2.60. The molecule has 9 heteroatoms. The summed E-state index contributed by atoms with van der Waals surface area (Å²) in [5.74, 6) is -0.609. The molecule has 1 N–H and O–H groups in total. The molecule has 0 aliphatic carbocycles. The van der Waals surface area contributed by atoms with Crippen molar-refractivity contribution >= 4 is 59.7 Å². The number of carbonyl (C=O) groups is 2. The van der Waals surface area contributed by atoms with Crippen LogP contribution in [-0.4, -0.2) is 36.3 Å². The third-order valence-electron chi connectivity index (χ3n) is 4.05. The summed E-state index contributed by atoms with van der Waals surface area (Å²) in [7, 11) is 0. The number of aromatic carboxylic acids is 1. The number of hydrogen-bond acceptors (Lipinski definition) is 5. The molecule has 0 atom stereocenters. The molecule has 0 spiro atoms. The maximum absolute atomic E-state index is 12.7. The van der Waals surface area contributed by atoms with Gasteiger partial charge in [0, 0.05) is 0 Å². The summed E-state index contributed by atoms with van der Waals surface area (Å²) in [4.78, 5) is 35.6. The summed E-state index contributed by atoms with van der Waals surface area (Å²) < 4.78 is 0.0668. The normalized spacial score (nSPS) is 11.0. The third kappa shape index (κ3) is 5.51. The number of halogens is 1. The van der Waals surface area contributed by atoms with Crippen molar-refractivity contribution in [3.63, 3.8) is 0 Å². The third-order valence-corrected chi connectivity index (χ3v) is 7.71. The molecule has 0 aliphatic rings. The van der Waals surface area contributed by atoms with E-state index < -0.39 is 26.6 Å². The Morgan fingerprint density at radius 2 is 1.80 bits per heavy atom. The monoisotopic (exact) mass is 502 g/mol. The number of rotatable bonds is 8. The van der Waals surface area contributed by atoms with Crippen molar-refractivity contribution < 1.29 is 19.6 Å². The van der Waals surface area contributed by atoms with E-state index in [9.17, 15) is 24.8 Å². The summed E-state index contributed by atoms with van der Waals surface area (Å²) in [6, 6.07) is 18.3. The molecule has 0 unspecified atom stereocenters. The molecule has 1 radical (unpaired) electrons. The summed E-state index contributed by atoms with van der Waals surface area (Å²) in [5, 5.41) is 21.1. The fourth-order valence-corrected chi connectivity index (χ4v) is 5.66. The number of carbonyl (C=O) groups excluding carboxylic acids is 1. The van der Waals surface area contributed by atoms with Crippen molar-refractivity contribution in [3.8, 4) is 0 Å². The topological polar surface area (TPSA) is 97.5 Å². The van der Waals surface area contributed by atoms with E-state index in [2.05, 4.69) is 0 Å². The first-order chi connectivity index (χ1) is 14.3. The fourth-order valence-electron chi connectivity index (χ4n) is 2.60. The summed E-state index contributed by atoms with van der Waals surface area (Å²) in [6.45, 7) is 0. The van der Waals surface area contributed by atoms with Gasteiger partial charge in [0.05, 0.1) is 0 Å². The molecule has 0 fully saturated rings. The zero-order chi connectivity index (χ0) is 21.7. The Balaban J connectivity index is 1.83. The Bertz CT molecular complexity index is 1120. The Morgan fingerprint density at radius 3 is 2.47 bits per heavy atom. The molecular weight excluding hydrogens is 489 g/mol. The number of thioether (sulfide) groups is 1. The molecule has 3 aromatic rings. The van der Waals surface area contributed by atoms with E-state index in [1.165, 1.54) is 36.0 Å². The van der Waals surface area contributed by atoms with Crippen molar-refractivity contribution in [2.75, 3.05) is 0 Å². The first kappa shape index (κ1) is 22.1. The number of benzene rings is 3. The van der Waals surface area contributed by atoms with Crippen molar-refractivity contribution in [3.05, 3.63) is 98.6 Å². The van der Waals surface area contributed by atoms with Crippen LogP contribution in [0.5, 0.6) is 0 Å². The Kier molecular flexibility index (Phi) is 7.32. The van der Waals surface area contributed by atoms with E-state index in [4.69, 9.17) is 11.6 Å². The van der Waals surface area contributed by atoms with E-state index >= 15 is 0 Å². The second kappa shape index (κ2) is 9.94. The molecule has 3 aromatic carbocycles. The second-order valence-electron chi connectivity index (χ2n) is 6.10. The number of nitro benzene ring substituents is 1. The Labute approximate surface area is 188 Å². The molecule has 0 saturated heterocycles. The van der Waals surface area contributed by atoms with Crippen LogP contribution in [0.3, 0.4) is 0 Å². The minimum atomic E-state index is -1.20. The van der Waals surface area contributed by atoms with Crippen molar-refractivity contribution in [1.82, 2.24) is 0 Å². The van der Waals surface area contributed by atoms with E-state index in [0.717, 1.165) is 5.56 Å². The van der Waals surface area contributed by atoms with Gasteiger partial charge in [0.15, 0.2) is 0 Å². The molecule has 0 saturated carbocycles. The fraction of sp³-hybridized carbons (Fsp3) is 0.0476. The molecule has 0 aromatic heterocycles. The second-order valence-corrected chi connectivity index (χ2v) is 9.88. The summed E-state index contributed by atoms with van der Waals surface area (Å²) >= 11 is 5.97. The van der Waals surface area contributed by atoms with Gasteiger partial charge in [0.25, 0.3) is 0 Å². The van der Waals surface area contributed by atoms with E-state index in [-0.39, 0.29) is 26.4 Å². The van der Waals surface area contributed by atoms with Crippen molar-refractivity contribution in [2.45, 2.75) is 10.6 Å². The average Bonchev–Trinajstić information content (AvgIpc) is 2.73. The predicted octanol–water partition coefficient (Wildman–Crippen LogP) is 4.41. The number of nitrogens with zero attached hydrogens (tertiary/aromatic N) is 1. The standard InChI is InChI=1S/C21H14AsClNO5S/c23-15-7-8-17(16(11-15)21(26)27)22-20(25)14-6-9-19(18(10-14)24(28)29)30-12-13-4-2-1-3-5-13/h1-11H,12H2,(H,26,27). The van der Waals surface area contributed by atoms with Crippen molar-refractivity contribution in [1.29, 1.82) is 0 Å². The van der Waals surface area contributed by atoms with Crippen LogP contribution in [0.15, 0.2) is 71.6 Å². The van der Waals surface area contributed by atoms with Crippen LogP contribution in [0, 0.1) is 10.1 Å². The van der Waals surface area contributed by atoms with Gasteiger partial charge >= 0.3 is 189 Å². The maximum atomic E-state index is 12.7.